The first-order valence-electron chi connectivity index (χ1n) is 7.15. The maximum atomic E-state index is 13.7. The predicted octanol–water partition coefficient (Wildman–Crippen LogP) is 4.11. The van der Waals surface area contributed by atoms with Crippen LogP contribution in [-0.2, 0) is 0 Å². The fraction of sp³-hybridized carbons (Fsp3) is 0.562. The van der Waals surface area contributed by atoms with Crippen LogP contribution in [0.25, 0.3) is 0 Å². The van der Waals surface area contributed by atoms with Gasteiger partial charge in [-0.15, -0.1) is 0 Å². The third-order valence-electron chi connectivity index (χ3n) is 3.85. The lowest BCUT2D eigenvalue weighted by Crippen LogP contribution is -2.28. The highest BCUT2D eigenvalue weighted by atomic mass is 19.1. The minimum absolute atomic E-state index is 0.0593. The fourth-order valence-corrected chi connectivity index (χ4v) is 2.70. The summed E-state index contributed by atoms with van der Waals surface area (Å²) >= 11 is 0. The maximum Gasteiger partial charge on any atom is 0.161 e. The van der Waals surface area contributed by atoms with Gasteiger partial charge in [0.15, 0.2) is 5.78 Å². The topological polar surface area (TPSA) is 20.3 Å². The number of nitrogens with zero attached hydrogens (tertiary/aromatic N) is 1. The molecule has 0 aliphatic carbocycles. The van der Waals surface area contributed by atoms with Gasteiger partial charge in [0.05, 0.1) is 0 Å². The van der Waals surface area contributed by atoms with E-state index in [9.17, 15) is 9.18 Å². The first kappa shape index (κ1) is 14.0. The van der Waals surface area contributed by atoms with E-state index in [1.165, 1.54) is 32.3 Å². The van der Waals surface area contributed by atoms with Crippen molar-refractivity contribution in [2.24, 2.45) is 0 Å². The summed E-state index contributed by atoms with van der Waals surface area (Å²) in [5.74, 6) is -0.350. The largest absolute Gasteiger partial charge is 0.371 e. The quantitative estimate of drug-likeness (QED) is 0.748. The second-order valence-corrected chi connectivity index (χ2v) is 5.43. The molecule has 1 fully saturated rings. The van der Waals surface area contributed by atoms with Gasteiger partial charge < -0.3 is 4.90 Å². The average Bonchev–Trinajstić information content (AvgIpc) is 2.32. The van der Waals surface area contributed by atoms with Crippen molar-refractivity contribution < 1.29 is 9.18 Å². The average molecular weight is 263 g/mol. The van der Waals surface area contributed by atoms with Crippen LogP contribution in [0, 0.1) is 12.7 Å². The molecule has 0 amide bonds. The van der Waals surface area contributed by atoms with E-state index in [4.69, 9.17) is 0 Å². The molecule has 0 bridgehead atoms. The number of rotatable bonds is 2. The molecule has 0 N–H and O–H groups in total. The van der Waals surface area contributed by atoms with Crippen LogP contribution < -0.4 is 4.90 Å². The molecule has 1 heterocycles. The molecule has 0 aromatic heterocycles. The minimum Gasteiger partial charge on any atom is -0.371 e. The molecule has 104 valence electrons. The molecule has 3 heteroatoms. The zero-order chi connectivity index (χ0) is 13.8. The number of anilines is 1. The summed E-state index contributed by atoms with van der Waals surface area (Å²) in [7, 11) is 0. The minimum atomic E-state index is -0.291. The lowest BCUT2D eigenvalue weighted by Gasteiger charge is -2.29. The molecule has 2 rings (SSSR count). The summed E-state index contributed by atoms with van der Waals surface area (Å²) in [5, 5.41) is 0. The monoisotopic (exact) mass is 263 g/mol. The molecular weight excluding hydrogens is 241 g/mol. The number of hydrogen-bond donors (Lipinski definition) is 0. The van der Waals surface area contributed by atoms with Gasteiger partial charge in [0.2, 0.25) is 0 Å². The van der Waals surface area contributed by atoms with Crippen LogP contribution in [0.5, 0.6) is 0 Å². The molecule has 0 spiro atoms. The van der Waals surface area contributed by atoms with Crippen LogP contribution in [-0.4, -0.2) is 18.9 Å². The number of ketones is 1. The van der Waals surface area contributed by atoms with Crippen molar-refractivity contribution >= 4 is 11.5 Å². The first-order valence-corrected chi connectivity index (χ1v) is 7.15. The molecule has 2 nitrogen and oxygen atoms in total. The van der Waals surface area contributed by atoms with Gasteiger partial charge in [0, 0.05) is 24.3 Å². The van der Waals surface area contributed by atoms with Gasteiger partial charge in [0.25, 0.3) is 0 Å². The Labute approximate surface area is 114 Å². The van der Waals surface area contributed by atoms with Crippen LogP contribution in [0.1, 0.15) is 54.9 Å². The molecule has 1 saturated heterocycles. The Morgan fingerprint density at radius 1 is 1.11 bits per heavy atom. The molecule has 1 aromatic carbocycles. The van der Waals surface area contributed by atoms with Crippen molar-refractivity contribution in [3.63, 3.8) is 0 Å². The predicted molar refractivity (Wildman–Crippen MR) is 76.4 cm³/mol. The Morgan fingerprint density at radius 3 is 2.26 bits per heavy atom. The van der Waals surface area contributed by atoms with Crippen molar-refractivity contribution in [1.29, 1.82) is 0 Å². The van der Waals surface area contributed by atoms with Gasteiger partial charge in [-0.25, -0.2) is 4.39 Å². The molecular formula is C16H22FNO. The summed E-state index contributed by atoms with van der Waals surface area (Å²) in [5.41, 5.74) is 2.04. The highest BCUT2D eigenvalue weighted by Gasteiger charge is 2.17. The SMILES string of the molecule is CC(=O)c1cc(F)c(C)cc1N1CCCCCCC1. The second-order valence-electron chi connectivity index (χ2n) is 5.43. The van der Waals surface area contributed by atoms with Crippen molar-refractivity contribution in [3.8, 4) is 0 Å². The fourth-order valence-electron chi connectivity index (χ4n) is 2.70. The lowest BCUT2D eigenvalue weighted by atomic mass is 10.0. The molecule has 0 atom stereocenters. The van der Waals surface area contributed by atoms with E-state index in [2.05, 4.69) is 4.90 Å². The van der Waals surface area contributed by atoms with E-state index in [1.54, 1.807) is 6.92 Å². The third kappa shape index (κ3) is 3.34. The van der Waals surface area contributed by atoms with Gasteiger partial charge in [-0.2, -0.15) is 0 Å². The Morgan fingerprint density at radius 2 is 1.68 bits per heavy atom. The Bertz CT molecular complexity index is 462. The van der Waals surface area contributed by atoms with Gasteiger partial charge in [-0.1, -0.05) is 19.3 Å². The molecule has 1 aromatic rings. The van der Waals surface area contributed by atoms with Gasteiger partial charge >= 0.3 is 0 Å². The van der Waals surface area contributed by atoms with Crippen molar-refractivity contribution in [1.82, 2.24) is 0 Å². The van der Waals surface area contributed by atoms with Crippen molar-refractivity contribution in [3.05, 3.63) is 29.1 Å². The maximum absolute atomic E-state index is 13.7. The zero-order valence-corrected chi connectivity index (χ0v) is 11.8. The third-order valence-corrected chi connectivity index (χ3v) is 3.85. The van der Waals surface area contributed by atoms with Gasteiger partial charge in [0.1, 0.15) is 5.82 Å². The highest BCUT2D eigenvalue weighted by Crippen LogP contribution is 2.27. The van der Waals surface area contributed by atoms with Crippen LogP contribution in [0.15, 0.2) is 12.1 Å². The van der Waals surface area contributed by atoms with Crippen LogP contribution in [0.2, 0.25) is 0 Å². The number of carbonyl (C=O) groups is 1. The van der Waals surface area contributed by atoms with E-state index >= 15 is 0 Å². The molecule has 0 saturated carbocycles. The van der Waals surface area contributed by atoms with Gasteiger partial charge in [-0.05, 0) is 44.4 Å². The van der Waals surface area contributed by atoms with E-state index < -0.39 is 0 Å². The number of aryl methyl sites for hydroxylation is 1. The van der Waals surface area contributed by atoms with E-state index in [0.29, 0.717) is 11.1 Å². The number of hydrogen-bond acceptors (Lipinski definition) is 2. The lowest BCUT2D eigenvalue weighted by molar-refractivity contribution is 0.101. The molecule has 1 aliphatic heterocycles. The second kappa shape index (κ2) is 6.18. The molecule has 1 aliphatic rings. The number of Topliss-reactive ketones (excluding diaryl/α,β-unsaturated/α-hetero) is 1. The molecule has 19 heavy (non-hydrogen) atoms. The number of benzene rings is 1. The van der Waals surface area contributed by atoms with Crippen molar-refractivity contribution in [2.75, 3.05) is 18.0 Å². The van der Waals surface area contributed by atoms with Crippen LogP contribution in [0.4, 0.5) is 10.1 Å². The smallest absolute Gasteiger partial charge is 0.161 e. The summed E-state index contributed by atoms with van der Waals surface area (Å²) in [4.78, 5) is 14.0. The van der Waals surface area contributed by atoms with Crippen LogP contribution >= 0.6 is 0 Å². The Hall–Kier alpha value is -1.38. The van der Waals surface area contributed by atoms with E-state index in [-0.39, 0.29) is 11.6 Å². The van der Waals surface area contributed by atoms with E-state index in [1.807, 2.05) is 6.07 Å². The zero-order valence-electron chi connectivity index (χ0n) is 11.8. The Balaban J connectivity index is 2.35. The number of carbonyl (C=O) groups excluding carboxylic acids is 1. The van der Waals surface area contributed by atoms with Crippen molar-refractivity contribution in [2.45, 2.75) is 46.0 Å². The van der Waals surface area contributed by atoms with Crippen LogP contribution in [0.3, 0.4) is 0 Å². The standard InChI is InChI=1S/C16H22FNO/c1-12-10-16(14(13(2)19)11-15(12)17)18-8-6-4-3-5-7-9-18/h10-11H,3-9H2,1-2H3. The van der Waals surface area contributed by atoms with Gasteiger partial charge in [-0.3, -0.25) is 4.79 Å². The number of halogens is 1. The Kier molecular flexibility index (Phi) is 4.56. The molecule has 0 radical (unpaired) electrons. The first-order chi connectivity index (χ1) is 9.09. The van der Waals surface area contributed by atoms with E-state index in [0.717, 1.165) is 31.6 Å². The highest BCUT2D eigenvalue weighted by molar-refractivity contribution is 5.99. The summed E-state index contributed by atoms with van der Waals surface area (Å²) in [6, 6.07) is 3.22. The normalized spacial score (nSPS) is 16.9. The summed E-state index contributed by atoms with van der Waals surface area (Å²) in [6.07, 6.45) is 6.08. The summed E-state index contributed by atoms with van der Waals surface area (Å²) < 4.78 is 13.7. The summed E-state index contributed by atoms with van der Waals surface area (Å²) in [6.45, 7) is 5.20. The molecule has 0 unspecified atom stereocenters.